The second-order valence-electron chi connectivity index (χ2n) is 5.08. The number of sulfone groups is 1. The van der Waals surface area contributed by atoms with E-state index in [1.165, 1.54) is 0 Å². The van der Waals surface area contributed by atoms with Gasteiger partial charge in [0.25, 0.3) is 0 Å². The predicted octanol–water partition coefficient (Wildman–Crippen LogP) is 3.52. The van der Waals surface area contributed by atoms with Gasteiger partial charge in [-0.15, -0.1) is 0 Å². The summed E-state index contributed by atoms with van der Waals surface area (Å²) in [4.78, 5) is 4.52. The van der Waals surface area contributed by atoms with Crippen LogP contribution in [0, 0.1) is 6.92 Å². The smallest absolute Gasteiger partial charge is 0.184 e. The van der Waals surface area contributed by atoms with Gasteiger partial charge in [-0.2, -0.15) is 0 Å². The van der Waals surface area contributed by atoms with Gasteiger partial charge in [0.2, 0.25) is 0 Å². The third kappa shape index (κ3) is 2.81. The Labute approximate surface area is 124 Å². The second-order valence-corrected chi connectivity index (χ2v) is 7.03. The molecule has 0 amide bonds. The van der Waals surface area contributed by atoms with Gasteiger partial charge in [0.15, 0.2) is 9.84 Å². The molecule has 0 bridgehead atoms. The summed E-state index contributed by atoms with van der Waals surface area (Å²) in [5, 5.41) is 0.836. The van der Waals surface area contributed by atoms with Crippen molar-refractivity contribution in [2.45, 2.75) is 17.6 Å². The lowest BCUT2D eigenvalue weighted by molar-refractivity contribution is 0.596. The van der Waals surface area contributed by atoms with E-state index >= 15 is 0 Å². The van der Waals surface area contributed by atoms with Gasteiger partial charge in [0, 0.05) is 11.6 Å². The van der Waals surface area contributed by atoms with Crippen LogP contribution >= 0.6 is 0 Å². The fourth-order valence-electron chi connectivity index (χ4n) is 2.31. The minimum Gasteiger partial charge on any atom is -0.255 e. The van der Waals surface area contributed by atoms with Crippen LogP contribution in [-0.2, 0) is 15.6 Å². The highest BCUT2D eigenvalue weighted by Crippen LogP contribution is 2.24. The minimum absolute atomic E-state index is 0.0109. The summed E-state index contributed by atoms with van der Waals surface area (Å²) >= 11 is 0. The van der Waals surface area contributed by atoms with Crippen LogP contribution in [0.2, 0.25) is 0 Å². The normalized spacial score (nSPS) is 11.7. The maximum Gasteiger partial charge on any atom is 0.184 e. The Bertz CT molecular complexity index is 879. The number of benzene rings is 2. The van der Waals surface area contributed by atoms with Gasteiger partial charge < -0.3 is 0 Å². The molecule has 0 aliphatic rings. The van der Waals surface area contributed by atoms with Gasteiger partial charge in [0.1, 0.15) is 0 Å². The first-order valence-corrected chi connectivity index (χ1v) is 8.33. The van der Waals surface area contributed by atoms with Crippen LogP contribution in [0.1, 0.15) is 11.1 Å². The average Bonchev–Trinajstić information content (AvgIpc) is 2.49. The summed E-state index contributed by atoms with van der Waals surface area (Å²) in [5.41, 5.74) is 2.43. The van der Waals surface area contributed by atoms with Crippen LogP contribution in [0.15, 0.2) is 65.7 Å². The molecule has 0 saturated heterocycles. The predicted molar refractivity (Wildman–Crippen MR) is 83.8 cm³/mol. The van der Waals surface area contributed by atoms with Crippen molar-refractivity contribution in [3.05, 3.63) is 71.9 Å². The van der Waals surface area contributed by atoms with E-state index in [9.17, 15) is 8.42 Å². The quantitative estimate of drug-likeness (QED) is 0.743. The number of pyridine rings is 1. The highest BCUT2D eigenvalue weighted by molar-refractivity contribution is 7.90. The van der Waals surface area contributed by atoms with Gasteiger partial charge in [0.05, 0.1) is 16.2 Å². The molecule has 4 heteroatoms. The van der Waals surface area contributed by atoms with E-state index in [2.05, 4.69) is 4.98 Å². The number of hydrogen-bond acceptors (Lipinski definition) is 3. The number of aromatic nitrogens is 1. The van der Waals surface area contributed by atoms with Crippen LogP contribution in [0.4, 0.5) is 0 Å². The van der Waals surface area contributed by atoms with E-state index in [0.29, 0.717) is 10.4 Å². The van der Waals surface area contributed by atoms with E-state index in [-0.39, 0.29) is 5.75 Å². The molecule has 3 aromatic rings. The SMILES string of the molecule is Cc1ccc(CS(=O)(=O)c2cccc3cccnc23)cc1. The first kappa shape index (κ1) is 13.8. The largest absolute Gasteiger partial charge is 0.255 e. The highest BCUT2D eigenvalue weighted by atomic mass is 32.2. The number of nitrogens with zero attached hydrogens (tertiary/aromatic N) is 1. The number of para-hydroxylation sites is 1. The molecule has 0 N–H and O–H groups in total. The molecular weight excluding hydrogens is 282 g/mol. The van der Waals surface area contributed by atoms with Crippen molar-refractivity contribution in [3.63, 3.8) is 0 Å². The zero-order valence-corrected chi connectivity index (χ0v) is 12.5. The maximum absolute atomic E-state index is 12.7. The van der Waals surface area contributed by atoms with Crippen molar-refractivity contribution in [2.24, 2.45) is 0 Å². The Balaban J connectivity index is 2.06. The fourth-order valence-corrected chi connectivity index (χ4v) is 3.85. The van der Waals surface area contributed by atoms with Crippen molar-refractivity contribution in [3.8, 4) is 0 Å². The average molecular weight is 297 g/mol. The first-order chi connectivity index (χ1) is 10.1. The van der Waals surface area contributed by atoms with Gasteiger partial charge >= 0.3 is 0 Å². The fraction of sp³-hybridized carbons (Fsp3) is 0.118. The molecule has 2 aromatic carbocycles. The minimum atomic E-state index is -3.42. The lowest BCUT2D eigenvalue weighted by Gasteiger charge is -2.08. The molecule has 0 atom stereocenters. The molecule has 21 heavy (non-hydrogen) atoms. The Morgan fingerprint density at radius 2 is 1.67 bits per heavy atom. The van der Waals surface area contributed by atoms with Crippen molar-refractivity contribution in [1.29, 1.82) is 0 Å². The summed E-state index contributed by atoms with van der Waals surface area (Å²) < 4.78 is 25.3. The standard InChI is InChI=1S/C17H15NO2S/c1-13-7-9-14(10-8-13)12-21(19,20)16-6-2-4-15-5-3-11-18-17(15)16/h2-11H,12H2,1H3. The summed E-state index contributed by atoms with van der Waals surface area (Å²) in [5.74, 6) is -0.0109. The lowest BCUT2D eigenvalue weighted by atomic mass is 10.2. The van der Waals surface area contributed by atoms with Gasteiger partial charge in [-0.1, -0.05) is 48.0 Å². The molecule has 3 rings (SSSR count). The van der Waals surface area contributed by atoms with Crippen LogP contribution in [0.3, 0.4) is 0 Å². The summed E-state index contributed by atoms with van der Waals surface area (Å²) in [6.07, 6.45) is 1.62. The number of fused-ring (bicyclic) bond motifs is 1. The molecule has 0 radical (unpaired) electrons. The molecule has 0 unspecified atom stereocenters. The molecule has 0 saturated carbocycles. The maximum atomic E-state index is 12.7. The molecule has 0 spiro atoms. The van der Waals surface area contributed by atoms with E-state index < -0.39 is 9.84 Å². The second kappa shape index (κ2) is 5.30. The zero-order valence-electron chi connectivity index (χ0n) is 11.7. The molecule has 0 aliphatic carbocycles. The summed E-state index contributed by atoms with van der Waals surface area (Å²) in [6, 6.07) is 16.5. The van der Waals surface area contributed by atoms with Crippen LogP contribution in [0.5, 0.6) is 0 Å². The van der Waals surface area contributed by atoms with Crippen molar-refractivity contribution in [2.75, 3.05) is 0 Å². The van der Waals surface area contributed by atoms with Crippen molar-refractivity contribution >= 4 is 20.7 Å². The van der Waals surface area contributed by atoms with Crippen LogP contribution in [-0.4, -0.2) is 13.4 Å². The molecule has 106 valence electrons. The molecule has 0 aliphatic heterocycles. The van der Waals surface area contributed by atoms with Gasteiger partial charge in [-0.25, -0.2) is 8.42 Å². The number of rotatable bonds is 3. The lowest BCUT2D eigenvalue weighted by Crippen LogP contribution is -2.06. The van der Waals surface area contributed by atoms with Crippen LogP contribution < -0.4 is 0 Å². The molecule has 0 fully saturated rings. The van der Waals surface area contributed by atoms with Crippen molar-refractivity contribution in [1.82, 2.24) is 4.98 Å². The van der Waals surface area contributed by atoms with E-state index in [1.807, 2.05) is 43.3 Å². The summed E-state index contributed by atoms with van der Waals surface area (Å²) in [6.45, 7) is 1.98. The van der Waals surface area contributed by atoms with E-state index in [1.54, 1.807) is 24.4 Å². The van der Waals surface area contributed by atoms with Crippen molar-refractivity contribution < 1.29 is 8.42 Å². The topological polar surface area (TPSA) is 47.0 Å². The Hall–Kier alpha value is -2.20. The molecule has 1 aromatic heterocycles. The number of hydrogen-bond donors (Lipinski definition) is 0. The Morgan fingerprint density at radius 3 is 2.43 bits per heavy atom. The first-order valence-electron chi connectivity index (χ1n) is 6.68. The molecule has 1 heterocycles. The Kier molecular flexibility index (Phi) is 3.47. The summed E-state index contributed by atoms with van der Waals surface area (Å²) in [7, 11) is -3.42. The van der Waals surface area contributed by atoms with Gasteiger partial charge in [-0.05, 0) is 24.6 Å². The monoisotopic (exact) mass is 297 g/mol. The van der Waals surface area contributed by atoms with E-state index in [0.717, 1.165) is 16.5 Å². The highest BCUT2D eigenvalue weighted by Gasteiger charge is 2.18. The Morgan fingerprint density at radius 1 is 0.952 bits per heavy atom. The third-order valence-electron chi connectivity index (χ3n) is 3.41. The van der Waals surface area contributed by atoms with Gasteiger partial charge in [-0.3, -0.25) is 4.98 Å². The number of aryl methyl sites for hydroxylation is 1. The molecule has 3 nitrogen and oxygen atoms in total. The third-order valence-corrected chi connectivity index (χ3v) is 5.12. The van der Waals surface area contributed by atoms with Crippen LogP contribution in [0.25, 0.3) is 10.9 Å². The molecular formula is C17H15NO2S. The zero-order chi connectivity index (χ0) is 14.9. The van der Waals surface area contributed by atoms with E-state index in [4.69, 9.17) is 0 Å².